The highest BCUT2D eigenvalue weighted by Gasteiger charge is 2.19. The molecule has 7 heteroatoms. The summed E-state index contributed by atoms with van der Waals surface area (Å²) in [5.41, 5.74) is 5.74. The van der Waals surface area contributed by atoms with Crippen molar-refractivity contribution in [2.24, 2.45) is 7.05 Å². The van der Waals surface area contributed by atoms with Gasteiger partial charge in [-0.2, -0.15) is 5.10 Å². The molecule has 2 rings (SSSR count). The Kier molecular flexibility index (Phi) is 3.48. The third kappa shape index (κ3) is 2.55. The lowest BCUT2D eigenvalue weighted by molar-refractivity contribution is 0.0694. The van der Waals surface area contributed by atoms with E-state index in [1.807, 2.05) is 13.0 Å². The van der Waals surface area contributed by atoms with E-state index in [0.717, 1.165) is 16.8 Å². The number of carboxylic acids is 1. The zero-order valence-corrected chi connectivity index (χ0v) is 11.2. The number of halogens is 1. The second-order valence-corrected chi connectivity index (χ2v) is 5.05. The molecule has 0 saturated carbocycles. The van der Waals surface area contributed by atoms with Gasteiger partial charge in [0, 0.05) is 11.9 Å². The van der Waals surface area contributed by atoms with Gasteiger partial charge in [-0.15, -0.1) is 0 Å². The Hall–Kier alpha value is -2.02. The molecule has 5 nitrogen and oxygen atoms in total. The molecule has 100 valence electrons. The molecule has 0 unspecified atom stereocenters. The lowest BCUT2D eigenvalue weighted by Crippen LogP contribution is -2.07. The third-order valence-electron chi connectivity index (χ3n) is 2.54. The van der Waals surface area contributed by atoms with Crippen LogP contribution in [0.3, 0.4) is 0 Å². The maximum absolute atomic E-state index is 13.3. The van der Waals surface area contributed by atoms with Crippen LogP contribution < -0.4 is 5.73 Å². The van der Waals surface area contributed by atoms with Crippen molar-refractivity contribution in [3.05, 3.63) is 35.3 Å². The lowest BCUT2D eigenvalue weighted by atomic mass is 10.2. The van der Waals surface area contributed by atoms with Crippen molar-refractivity contribution in [1.29, 1.82) is 0 Å². The van der Waals surface area contributed by atoms with Crippen LogP contribution in [0.15, 0.2) is 28.1 Å². The number of aromatic nitrogens is 2. The molecule has 0 radical (unpaired) electrons. The van der Waals surface area contributed by atoms with Crippen molar-refractivity contribution in [1.82, 2.24) is 9.78 Å². The SMILES string of the molecule is Cc1cc(Sc2ccc(F)c(N)c2C(=O)O)n(C)n1. The van der Waals surface area contributed by atoms with Crippen LogP contribution in [-0.2, 0) is 7.05 Å². The molecular formula is C12H12FN3O2S. The first-order valence-corrected chi connectivity index (χ1v) is 6.21. The van der Waals surface area contributed by atoms with Crippen molar-refractivity contribution in [3.8, 4) is 0 Å². The molecule has 0 aliphatic carbocycles. The van der Waals surface area contributed by atoms with E-state index < -0.39 is 11.8 Å². The fourth-order valence-corrected chi connectivity index (χ4v) is 2.74. The molecule has 0 spiro atoms. The van der Waals surface area contributed by atoms with Crippen LogP contribution in [0.2, 0.25) is 0 Å². The number of rotatable bonds is 3. The first-order chi connectivity index (χ1) is 8.90. The molecule has 0 fully saturated rings. The first-order valence-electron chi connectivity index (χ1n) is 5.40. The maximum atomic E-state index is 13.3. The summed E-state index contributed by atoms with van der Waals surface area (Å²) in [6.45, 7) is 1.83. The molecular weight excluding hydrogens is 269 g/mol. The summed E-state index contributed by atoms with van der Waals surface area (Å²) in [7, 11) is 1.75. The van der Waals surface area contributed by atoms with E-state index in [2.05, 4.69) is 5.10 Å². The molecule has 0 atom stereocenters. The fourth-order valence-electron chi connectivity index (χ4n) is 1.67. The Bertz CT molecular complexity index is 655. The topological polar surface area (TPSA) is 81.1 Å². The number of anilines is 1. The molecule has 3 N–H and O–H groups in total. The Morgan fingerprint density at radius 3 is 2.74 bits per heavy atom. The predicted octanol–water partition coefficient (Wildman–Crippen LogP) is 2.30. The largest absolute Gasteiger partial charge is 0.478 e. The molecule has 0 saturated heterocycles. The van der Waals surface area contributed by atoms with Crippen molar-refractivity contribution in [3.63, 3.8) is 0 Å². The average molecular weight is 281 g/mol. The molecule has 1 aromatic heterocycles. The number of benzene rings is 1. The number of aromatic carboxylic acids is 1. The zero-order valence-electron chi connectivity index (χ0n) is 10.3. The summed E-state index contributed by atoms with van der Waals surface area (Å²) in [5.74, 6) is -1.98. The van der Waals surface area contributed by atoms with E-state index in [1.165, 1.54) is 17.8 Å². The van der Waals surface area contributed by atoms with Gasteiger partial charge in [-0.25, -0.2) is 9.18 Å². The van der Waals surface area contributed by atoms with Crippen molar-refractivity contribution in [2.75, 3.05) is 5.73 Å². The smallest absolute Gasteiger partial charge is 0.339 e. The van der Waals surface area contributed by atoms with Gasteiger partial charge in [0.2, 0.25) is 0 Å². The number of hydrogen-bond donors (Lipinski definition) is 2. The Morgan fingerprint density at radius 2 is 2.21 bits per heavy atom. The van der Waals surface area contributed by atoms with Gasteiger partial charge in [-0.05, 0) is 25.1 Å². The average Bonchev–Trinajstić information content (AvgIpc) is 2.62. The van der Waals surface area contributed by atoms with Gasteiger partial charge < -0.3 is 10.8 Å². The normalized spacial score (nSPS) is 10.7. The highest BCUT2D eigenvalue weighted by molar-refractivity contribution is 7.99. The number of nitrogens with two attached hydrogens (primary N) is 1. The summed E-state index contributed by atoms with van der Waals surface area (Å²) in [6, 6.07) is 4.38. The lowest BCUT2D eigenvalue weighted by Gasteiger charge is -2.09. The van der Waals surface area contributed by atoms with Gasteiger partial charge in [0.05, 0.1) is 22.0 Å². The minimum absolute atomic E-state index is 0.219. The van der Waals surface area contributed by atoms with Crippen LogP contribution in [0.25, 0.3) is 0 Å². The number of nitrogen functional groups attached to an aromatic ring is 1. The van der Waals surface area contributed by atoms with Crippen molar-refractivity contribution >= 4 is 23.4 Å². The van der Waals surface area contributed by atoms with Gasteiger partial charge in [0.1, 0.15) is 5.82 Å². The van der Waals surface area contributed by atoms with Gasteiger partial charge >= 0.3 is 5.97 Å². The predicted molar refractivity (Wildman–Crippen MR) is 69.8 cm³/mol. The van der Waals surface area contributed by atoms with Crippen LogP contribution in [0.1, 0.15) is 16.1 Å². The molecule has 0 amide bonds. The van der Waals surface area contributed by atoms with Crippen LogP contribution in [0.4, 0.5) is 10.1 Å². The van der Waals surface area contributed by atoms with E-state index in [1.54, 1.807) is 11.7 Å². The van der Waals surface area contributed by atoms with Crippen molar-refractivity contribution < 1.29 is 14.3 Å². The molecule has 1 aromatic carbocycles. The number of aryl methyl sites for hydroxylation is 2. The fraction of sp³-hybridized carbons (Fsp3) is 0.167. The van der Waals surface area contributed by atoms with Gasteiger partial charge in [-0.1, -0.05) is 11.8 Å². The summed E-state index contributed by atoms with van der Waals surface area (Å²) < 4.78 is 15.0. The maximum Gasteiger partial charge on any atom is 0.339 e. The number of carboxylic acid groups (broad SMARTS) is 1. The zero-order chi connectivity index (χ0) is 14.2. The quantitative estimate of drug-likeness (QED) is 0.844. The standard InChI is InChI=1S/C12H12FN3O2S/c1-6-5-9(16(2)15-6)19-8-4-3-7(13)11(14)10(8)12(17)18/h3-5H,14H2,1-2H3,(H,17,18). The first kappa shape index (κ1) is 13.4. The second-order valence-electron chi connectivity index (χ2n) is 3.99. The van der Waals surface area contributed by atoms with E-state index in [-0.39, 0.29) is 11.3 Å². The minimum Gasteiger partial charge on any atom is -0.478 e. The summed E-state index contributed by atoms with van der Waals surface area (Å²) in [6.07, 6.45) is 0. The Balaban J connectivity index is 2.49. The van der Waals surface area contributed by atoms with E-state index in [9.17, 15) is 9.18 Å². The minimum atomic E-state index is -1.25. The van der Waals surface area contributed by atoms with Gasteiger partial charge in [0.25, 0.3) is 0 Å². The number of carbonyl (C=O) groups is 1. The highest BCUT2D eigenvalue weighted by atomic mass is 32.2. The molecule has 0 aliphatic rings. The highest BCUT2D eigenvalue weighted by Crippen LogP contribution is 2.34. The van der Waals surface area contributed by atoms with Crippen molar-refractivity contribution in [2.45, 2.75) is 16.8 Å². The summed E-state index contributed by atoms with van der Waals surface area (Å²) in [5, 5.41) is 14.1. The molecule has 0 bridgehead atoms. The van der Waals surface area contributed by atoms with E-state index in [0.29, 0.717) is 4.90 Å². The van der Waals surface area contributed by atoms with Crippen LogP contribution >= 0.6 is 11.8 Å². The molecule has 0 aliphatic heterocycles. The monoisotopic (exact) mass is 281 g/mol. The Morgan fingerprint density at radius 1 is 1.53 bits per heavy atom. The number of hydrogen-bond acceptors (Lipinski definition) is 4. The molecule has 2 aromatic rings. The van der Waals surface area contributed by atoms with Crippen LogP contribution in [0, 0.1) is 12.7 Å². The Labute approximate surface area is 113 Å². The van der Waals surface area contributed by atoms with Gasteiger partial charge in [0.15, 0.2) is 0 Å². The van der Waals surface area contributed by atoms with E-state index in [4.69, 9.17) is 10.8 Å². The third-order valence-corrected chi connectivity index (χ3v) is 3.69. The van der Waals surface area contributed by atoms with Crippen LogP contribution in [0.5, 0.6) is 0 Å². The molecule has 1 heterocycles. The second kappa shape index (κ2) is 4.93. The molecule has 19 heavy (non-hydrogen) atoms. The number of nitrogens with zero attached hydrogens (tertiary/aromatic N) is 2. The van der Waals surface area contributed by atoms with Gasteiger partial charge in [-0.3, -0.25) is 4.68 Å². The van der Waals surface area contributed by atoms with Crippen LogP contribution in [-0.4, -0.2) is 20.9 Å². The summed E-state index contributed by atoms with van der Waals surface area (Å²) >= 11 is 1.19. The summed E-state index contributed by atoms with van der Waals surface area (Å²) in [4.78, 5) is 11.6. The van der Waals surface area contributed by atoms with E-state index >= 15 is 0 Å².